The summed E-state index contributed by atoms with van der Waals surface area (Å²) in [5.74, 6) is 0. The lowest BCUT2D eigenvalue weighted by Crippen LogP contribution is -2.06. The molecule has 0 spiro atoms. The van der Waals surface area contributed by atoms with Crippen molar-refractivity contribution in [3.63, 3.8) is 0 Å². The summed E-state index contributed by atoms with van der Waals surface area (Å²) in [5, 5.41) is 0. The van der Waals surface area contributed by atoms with Gasteiger partial charge < -0.3 is 0 Å². The van der Waals surface area contributed by atoms with Crippen LogP contribution in [0.1, 0.15) is 11.1 Å². The van der Waals surface area contributed by atoms with Crippen LogP contribution in [0.4, 0.5) is 13.2 Å². The molecule has 0 heterocycles. The highest BCUT2D eigenvalue weighted by Crippen LogP contribution is 2.30. The molecule has 0 aliphatic heterocycles. The highest BCUT2D eigenvalue weighted by atomic mass is 127. The predicted octanol–water partition coefficient (Wildman–Crippen LogP) is 2.98. The first-order valence-electron chi connectivity index (χ1n) is 3.51. The average Bonchev–Trinajstić information content (AvgIpc) is 2.03. The van der Waals surface area contributed by atoms with Gasteiger partial charge in [0.05, 0.1) is 13.4 Å². The number of benzene rings is 1. The molecule has 1 aromatic rings. The molecule has 0 aliphatic carbocycles. The third-order valence-corrected chi connectivity index (χ3v) is 2.65. The molecule has 0 amide bonds. The maximum atomic E-state index is 12.2. The Morgan fingerprint density at radius 3 is 2.38 bits per heavy atom. The summed E-state index contributed by atoms with van der Waals surface area (Å²) >= 11 is 1.96. The zero-order chi connectivity index (χ0) is 10.1. The average molecular weight is 296 g/mol. The topological polar surface area (TPSA) is 0 Å². The molecule has 0 fully saturated rings. The van der Waals surface area contributed by atoms with Crippen LogP contribution in [0.25, 0.3) is 0 Å². The molecule has 0 nitrogen and oxygen atoms in total. The standard InChI is InChI=1S/C8H5BF3I/c9-4-5-3-6(8(10,11)12)1-2-7(5)13/h1-3H,4H2. The number of hydrogen-bond acceptors (Lipinski definition) is 0. The molecule has 0 aromatic heterocycles. The van der Waals surface area contributed by atoms with Gasteiger partial charge in [0, 0.05) is 3.57 Å². The monoisotopic (exact) mass is 296 g/mol. The smallest absolute Gasteiger partial charge is 0.166 e. The van der Waals surface area contributed by atoms with E-state index in [4.69, 9.17) is 7.85 Å². The summed E-state index contributed by atoms with van der Waals surface area (Å²) in [4.78, 5) is 0. The van der Waals surface area contributed by atoms with Crippen molar-refractivity contribution in [2.75, 3.05) is 0 Å². The molecule has 5 heteroatoms. The molecule has 68 valence electrons. The van der Waals surface area contributed by atoms with Gasteiger partial charge in [-0.1, -0.05) is 6.32 Å². The van der Waals surface area contributed by atoms with Gasteiger partial charge >= 0.3 is 6.18 Å². The lowest BCUT2D eigenvalue weighted by molar-refractivity contribution is -0.137. The van der Waals surface area contributed by atoms with E-state index in [0.29, 0.717) is 5.56 Å². The summed E-state index contributed by atoms with van der Waals surface area (Å²) in [6, 6.07) is 3.56. The van der Waals surface area contributed by atoms with Crippen molar-refractivity contribution in [3.8, 4) is 0 Å². The van der Waals surface area contributed by atoms with Gasteiger partial charge in [0.25, 0.3) is 0 Å². The van der Waals surface area contributed by atoms with Gasteiger partial charge in [-0.25, -0.2) is 0 Å². The number of rotatable bonds is 1. The summed E-state index contributed by atoms with van der Waals surface area (Å²) < 4.78 is 37.3. The molecule has 0 unspecified atom stereocenters. The Bertz CT molecular complexity index is 309. The molecule has 0 bridgehead atoms. The van der Waals surface area contributed by atoms with E-state index < -0.39 is 11.7 Å². The Kier molecular flexibility index (Phi) is 3.26. The van der Waals surface area contributed by atoms with Crippen molar-refractivity contribution in [2.45, 2.75) is 12.5 Å². The van der Waals surface area contributed by atoms with Crippen molar-refractivity contribution in [3.05, 3.63) is 32.9 Å². The Labute approximate surface area is 89.1 Å². The van der Waals surface area contributed by atoms with Gasteiger partial charge in [-0.2, -0.15) is 13.2 Å². The molecule has 0 aliphatic rings. The van der Waals surface area contributed by atoms with E-state index in [1.54, 1.807) is 0 Å². The van der Waals surface area contributed by atoms with Crippen molar-refractivity contribution in [2.24, 2.45) is 0 Å². The number of hydrogen-bond donors (Lipinski definition) is 0. The quantitative estimate of drug-likeness (QED) is 0.552. The molecule has 0 saturated carbocycles. The molecular weight excluding hydrogens is 291 g/mol. The third kappa shape index (κ3) is 2.62. The summed E-state index contributed by atoms with van der Waals surface area (Å²) in [6.07, 6.45) is -4.16. The highest BCUT2D eigenvalue weighted by Gasteiger charge is 2.30. The minimum absolute atomic E-state index is 0.127. The fourth-order valence-electron chi connectivity index (χ4n) is 0.907. The van der Waals surface area contributed by atoms with Crippen LogP contribution < -0.4 is 0 Å². The van der Waals surface area contributed by atoms with Crippen LogP contribution in [-0.4, -0.2) is 7.85 Å². The normalized spacial score (nSPS) is 11.7. The second-order valence-corrected chi connectivity index (χ2v) is 3.67. The van der Waals surface area contributed by atoms with E-state index in [9.17, 15) is 13.2 Å². The fraction of sp³-hybridized carbons (Fsp3) is 0.250. The second kappa shape index (κ2) is 3.90. The largest absolute Gasteiger partial charge is 0.416 e. The van der Waals surface area contributed by atoms with Crippen molar-refractivity contribution in [1.82, 2.24) is 0 Å². The Morgan fingerprint density at radius 2 is 1.92 bits per heavy atom. The van der Waals surface area contributed by atoms with Crippen LogP contribution in [0.3, 0.4) is 0 Å². The van der Waals surface area contributed by atoms with Gasteiger partial charge in [-0.3, -0.25) is 0 Å². The fourth-order valence-corrected chi connectivity index (χ4v) is 1.46. The lowest BCUT2D eigenvalue weighted by atomic mass is 9.95. The van der Waals surface area contributed by atoms with Crippen molar-refractivity contribution < 1.29 is 13.2 Å². The van der Waals surface area contributed by atoms with Crippen LogP contribution in [0.15, 0.2) is 18.2 Å². The molecular formula is C8H5BF3I. The maximum absolute atomic E-state index is 12.2. The molecule has 13 heavy (non-hydrogen) atoms. The van der Waals surface area contributed by atoms with E-state index in [1.807, 2.05) is 22.6 Å². The van der Waals surface area contributed by atoms with E-state index in [-0.39, 0.29) is 6.32 Å². The summed E-state index contributed by atoms with van der Waals surface area (Å²) in [6.45, 7) is 0. The zero-order valence-corrected chi connectivity index (χ0v) is 8.69. The van der Waals surface area contributed by atoms with Crippen LogP contribution in [0, 0.1) is 3.57 Å². The Hall–Kier alpha value is -0.195. The van der Waals surface area contributed by atoms with Crippen molar-refractivity contribution >= 4 is 30.4 Å². The summed E-state index contributed by atoms with van der Waals surface area (Å²) in [7, 11) is 5.29. The zero-order valence-electron chi connectivity index (χ0n) is 6.53. The molecule has 1 rings (SSSR count). The van der Waals surface area contributed by atoms with E-state index in [1.165, 1.54) is 6.07 Å². The van der Waals surface area contributed by atoms with E-state index >= 15 is 0 Å². The second-order valence-electron chi connectivity index (χ2n) is 2.51. The van der Waals surface area contributed by atoms with Crippen LogP contribution in [-0.2, 0) is 12.5 Å². The Morgan fingerprint density at radius 1 is 1.31 bits per heavy atom. The van der Waals surface area contributed by atoms with Crippen LogP contribution >= 0.6 is 22.6 Å². The SMILES string of the molecule is [B]Cc1cc(C(F)(F)F)ccc1I. The maximum Gasteiger partial charge on any atom is 0.416 e. The van der Waals surface area contributed by atoms with Gasteiger partial charge in [0.1, 0.15) is 0 Å². The van der Waals surface area contributed by atoms with Gasteiger partial charge in [-0.15, -0.1) is 0 Å². The van der Waals surface area contributed by atoms with Crippen LogP contribution in [0.5, 0.6) is 0 Å². The first-order chi connectivity index (χ1) is 5.95. The minimum atomic E-state index is -4.28. The van der Waals surface area contributed by atoms with Gasteiger partial charge in [0.15, 0.2) is 0 Å². The third-order valence-electron chi connectivity index (χ3n) is 1.59. The van der Waals surface area contributed by atoms with Crippen LogP contribution in [0.2, 0.25) is 0 Å². The Balaban J connectivity index is 3.14. The molecule has 0 saturated heterocycles. The van der Waals surface area contributed by atoms with E-state index in [0.717, 1.165) is 15.7 Å². The first kappa shape index (κ1) is 10.9. The first-order valence-corrected chi connectivity index (χ1v) is 4.58. The van der Waals surface area contributed by atoms with Crippen molar-refractivity contribution in [1.29, 1.82) is 0 Å². The molecule has 0 atom stereocenters. The van der Waals surface area contributed by atoms with Gasteiger partial charge in [0.2, 0.25) is 0 Å². The van der Waals surface area contributed by atoms with Gasteiger partial charge in [-0.05, 0) is 46.4 Å². The molecule has 0 N–H and O–H groups in total. The molecule has 1 aromatic carbocycles. The lowest BCUT2D eigenvalue weighted by Gasteiger charge is -2.09. The molecule has 2 radical (unpaired) electrons. The highest BCUT2D eigenvalue weighted by molar-refractivity contribution is 14.1. The minimum Gasteiger partial charge on any atom is -0.166 e. The van der Waals surface area contributed by atoms with E-state index in [2.05, 4.69) is 0 Å². The number of alkyl halides is 3. The summed E-state index contributed by atoms with van der Waals surface area (Å²) in [5.41, 5.74) is -0.121. The predicted molar refractivity (Wildman–Crippen MR) is 53.6 cm³/mol. The number of halogens is 4.